The van der Waals surface area contributed by atoms with Crippen LogP contribution in [-0.4, -0.2) is 29.8 Å². The molecule has 2 heterocycles. The smallest absolute Gasteiger partial charge is 0.141 e. The van der Waals surface area contributed by atoms with Gasteiger partial charge in [-0.1, -0.05) is 0 Å². The van der Waals surface area contributed by atoms with E-state index in [1.165, 1.54) is 12.3 Å². The molecule has 2 rings (SSSR count). The number of rotatable bonds is 7. The summed E-state index contributed by atoms with van der Waals surface area (Å²) in [5, 5.41) is 3.29. The number of hydrogen-bond donors (Lipinski definition) is 1. The van der Waals surface area contributed by atoms with Crippen molar-refractivity contribution in [2.45, 2.75) is 13.1 Å². The SMILES string of the molecule is COCCNCc1cccn1Cc1cncc(F)c1. The molecule has 0 spiro atoms. The number of aromatic nitrogens is 2. The molecule has 0 amide bonds. The molecule has 0 atom stereocenters. The Kier molecular flexibility index (Phi) is 5.06. The topological polar surface area (TPSA) is 39.1 Å². The van der Waals surface area contributed by atoms with E-state index >= 15 is 0 Å². The number of halogens is 1. The second-order valence-electron chi connectivity index (χ2n) is 4.31. The van der Waals surface area contributed by atoms with E-state index in [-0.39, 0.29) is 5.82 Å². The zero-order valence-corrected chi connectivity index (χ0v) is 11.0. The first-order chi connectivity index (χ1) is 9.29. The van der Waals surface area contributed by atoms with Crippen LogP contribution in [0.4, 0.5) is 4.39 Å². The fraction of sp³-hybridized carbons (Fsp3) is 0.357. The predicted octanol–water partition coefficient (Wildman–Crippen LogP) is 1.81. The molecular formula is C14H18FN3O. The summed E-state index contributed by atoms with van der Waals surface area (Å²) < 4.78 is 20.1. The third-order valence-corrected chi connectivity index (χ3v) is 2.83. The number of nitrogens with one attached hydrogen (secondary N) is 1. The van der Waals surface area contributed by atoms with Crippen LogP contribution in [0, 0.1) is 5.82 Å². The molecule has 1 N–H and O–H groups in total. The van der Waals surface area contributed by atoms with Crippen LogP contribution in [0.2, 0.25) is 0 Å². The van der Waals surface area contributed by atoms with Crippen LogP contribution in [0.3, 0.4) is 0 Å². The van der Waals surface area contributed by atoms with Crippen molar-refractivity contribution >= 4 is 0 Å². The van der Waals surface area contributed by atoms with Gasteiger partial charge in [-0.25, -0.2) is 4.39 Å². The van der Waals surface area contributed by atoms with Crippen molar-refractivity contribution in [1.82, 2.24) is 14.9 Å². The Balaban J connectivity index is 1.95. The molecule has 0 radical (unpaired) electrons. The summed E-state index contributed by atoms with van der Waals surface area (Å²) in [6.45, 7) is 2.88. The number of nitrogens with zero attached hydrogens (tertiary/aromatic N) is 2. The molecule has 0 aliphatic heterocycles. The third kappa shape index (κ3) is 4.15. The monoisotopic (exact) mass is 263 g/mol. The maximum atomic E-state index is 13.1. The average Bonchev–Trinajstić information content (AvgIpc) is 2.82. The molecule has 0 fully saturated rings. The van der Waals surface area contributed by atoms with Crippen molar-refractivity contribution in [3.05, 3.63) is 53.9 Å². The van der Waals surface area contributed by atoms with Gasteiger partial charge in [0.25, 0.3) is 0 Å². The van der Waals surface area contributed by atoms with Crippen LogP contribution in [-0.2, 0) is 17.8 Å². The third-order valence-electron chi connectivity index (χ3n) is 2.83. The fourth-order valence-corrected chi connectivity index (χ4v) is 1.89. The summed E-state index contributed by atoms with van der Waals surface area (Å²) in [5.74, 6) is -0.301. The van der Waals surface area contributed by atoms with E-state index < -0.39 is 0 Å². The van der Waals surface area contributed by atoms with E-state index in [9.17, 15) is 4.39 Å². The van der Waals surface area contributed by atoms with Gasteiger partial charge in [-0.15, -0.1) is 0 Å². The van der Waals surface area contributed by atoms with Crippen molar-refractivity contribution in [1.29, 1.82) is 0 Å². The average molecular weight is 263 g/mol. The van der Waals surface area contributed by atoms with Gasteiger partial charge in [0.15, 0.2) is 0 Å². The quantitative estimate of drug-likeness (QED) is 0.774. The van der Waals surface area contributed by atoms with Crippen LogP contribution in [0.25, 0.3) is 0 Å². The minimum Gasteiger partial charge on any atom is -0.383 e. The van der Waals surface area contributed by atoms with Crippen molar-refractivity contribution in [3.63, 3.8) is 0 Å². The summed E-state index contributed by atoms with van der Waals surface area (Å²) in [6, 6.07) is 5.54. The molecule has 2 aromatic rings. The number of methoxy groups -OCH3 is 1. The highest BCUT2D eigenvalue weighted by Gasteiger charge is 2.03. The molecule has 19 heavy (non-hydrogen) atoms. The van der Waals surface area contributed by atoms with Crippen molar-refractivity contribution in [3.8, 4) is 0 Å². The highest BCUT2D eigenvalue weighted by Crippen LogP contribution is 2.08. The van der Waals surface area contributed by atoms with Gasteiger partial charge in [0.1, 0.15) is 5.82 Å². The van der Waals surface area contributed by atoms with Crippen LogP contribution in [0.15, 0.2) is 36.8 Å². The van der Waals surface area contributed by atoms with Gasteiger partial charge in [-0.2, -0.15) is 0 Å². The minimum absolute atomic E-state index is 0.301. The summed E-state index contributed by atoms with van der Waals surface area (Å²) in [6.07, 6.45) is 4.88. The lowest BCUT2D eigenvalue weighted by atomic mass is 10.2. The Labute approximate surface area is 112 Å². The number of pyridine rings is 1. The fourth-order valence-electron chi connectivity index (χ4n) is 1.89. The zero-order chi connectivity index (χ0) is 13.5. The first kappa shape index (κ1) is 13.7. The van der Waals surface area contributed by atoms with Crippen molar-refractivity contribution < 1.29 is 9.13 Å². The maximum Gasteiger partial charge on any atom is 0.141 e. The van der Waals surface area contributed by atoms with E-state index in [4.69, 9.17) is 4.74 Å². The molecule has 0 unspecified atom stereocenters. The number of hydrogen-bond acceptors (Lipinski definition) is 3. The summed E-state index contributed by atoms with van der Waals surface area (Å²) in [4.78, 5) is 3.86. The van der Waals surface area contributed by atoms with E-state index in [0.717, 1.165) is 24.3 Å². The molecule has 0 saturated carbocycles. The highest BCUT2D eigenvalue weighted by atomic mass is 19.1. The van der Waals surface area contributed by atoms with Gasteiger partial charge in [-0.3, -0.25) is 4.98 Å². The summed E-state index contributed by atoms with van der Waals surface area (Å²) >= 11 is 0. The lowest BCUT2D eigenvalue weighted by molar-refractivity contribution is 0.199. The molecule has 0 aliphatic carbocycles. The van der Waals surface area contributed by atoms with Crippen LogP contribution >= 0.6 is 0 Å². The highest BCUT2D eigenvalue weighted by molar-refractivity contribution is 5.14. The number of ether oxygens (including phenoxy) is 1. The molecule has 102 valence electrons. The normalized spacial score (nSPS) is 10.8. The first-order valence-corrected chi connectivity index (χ1v) is 6.22. The molecule has 5 heteroatoms. The lowest BCUT2D eigenvalue weighted by Gasteiger charge is -2.10. The molecule has 2 aromatic heterocycles. The Bertz CT molecular complexity index is 513. The molecule has 0 aromatic carbocycles. The standard InChI is InChI=1S/C14H18FN3O/c1-19-6-4-16-10-14-3-2-5-18(14)11-12-7-13(15)9-17-8-12/h2-3,5,7-9,16H,4,6,10-11H2,1H3. The Hall–Kier alpha value is -1.72. The molecular weight excluding hydrogens is 245 g/mol. The van der Waals surface area contributed by atoms with E-state index in [1.54, 1.807) is 13.3 Å². The second-order valence-corrected chi connectivity index (χ2v) is 4.31. The zero-order valence-electron chi connectivity index (χ0n) is 11.0. The second kappa shape index (κ2) is 7.01. The van der Waals surface area contributed by atoms with Gasteiger partial charge >= 0.3 is 0 Å². The first-order valence-electron chi connectivity index (χ1n) is 6.22. The summed E-state index contributed by atoms with van der Waals surface area (Å²) in [5.41, 5.74) is 2.01. The van der Waals surface area contributed by atoms with Gasteiger partial charge < -0.3 is 14.6 Å². The van der Waals surface area contributed by atoms with Crippen LogP contribution < -0.4 is 5.32 Å². The predicted molar refractivity (Wildman–Crippen MR) is 71.3 cm³/mol. The Morgan fingerprint density at radius 1 is 1.42 bits per heavy atom. The van der Waals surface area contributed by atoms with Crippen LogP contribution in [0.5, 0.6) is 0 Å². The van der Waals surface area contributed by atoms with Gasteiger partial charge in [0.05, 0.1) is 12.8 Å². The van der Waals surface area contributed by atoms with Crippen molar-refractivity contribution in [2.75, 3.05) is 20.3 Å². The largest absolute Gasteiger partial charge is 0.383 e. The molecule has 4 nitrogen and oxygen atoms in total. The van der Waals surface area contributed by atoms with E-state index in [0.29, 0.717) is 13.2 Å². The van der Waals surface area contributed by atoms with Gasteiger partial charge in [0, 0.05) is 44.8 Å². The molecule has 0 aliphatic rings. The van der Waals surface area contributed by atoms with Gasteiger partial charge in [0.2, 0.25) is 0 Å². The van der Waals surface area contributed by atoms with Crippen LogP contribution in [0.1, 0.15) is 11.3 Å². The lowest BCUT2D eigenvalue weighted by Crippen LogP contribution is -2.20. The van der Waals surface area contributed by atoms with Gasteiger partial charge in [-0.05, 0) is 23.8 Å². The Morgan fingerprint density at radius 2 is 2.32 bits per heavy atom. The van der Waals surface area contributed by atoms with Crippen molar-refractivity contribution in [2.24, 2.45) is 0 Å². The molecule has 0 saturated heterocycles. The van der Waals surface area contributed by atoms with E-state index in [2.05, 4.69) is 14.9 Å². The maximum absolute atomic E-state index is 13.1. The summed E-state index contributed by atoms with van der Waals surface area (Å²) in [7, 11) is 1.68. The minimum atomic E-state index is -0.301. The van der Waals surface area contributed by atoms with E-state index in [1.807, 2.05) is 18.3 Å². The molecule has 0 bridgehead atoms. The Morgan fingerprint density at radius 3 is 3.11 bits per heavy atom.